The summed E-state index contributed by atoms with van der Waals surface area (Å²) in [7, 11) is 0. The van der Waals surface area contributed by atoms with Crippen LogP contribution in [-0.2, 0) is 11.2 Å². The summed E-state index contributed by atoms with van der Waals surface area (Å²) >= 11 is 6.11. The number of pyridine rings is 1. The van der Waals surface area contributed by atoms with Crippen molar-refractivity contribution in [2.75, 3.05) is 23.8 Å². The fourth-order valence-corrected chi connectivity index (χ4v) is 3.41. The summed E-state index contributed by atoms with van der Waals surface area (Å²) in [6.07, 6.45) is 2.76. The first kappa shape index (κ1) is 18.1. The summed E-state index contributed by atoms with van der Waals surface area (Å²) in [5.74, 6) is 0.795. The van der Waals surface area contributed by atoms with E-state index in [-0.39, 0.29) is 5.91 Å². The molecular weight excluding hydrogens is 376 g/mol. The van der Waals surface area contributed by atoms with Crippen molar-refractivity contribution >= 4 is 39.8 Å². The highest BCUT2D eigenvalue weighted by Gasteiger charge is 2.15. The lowest BCUT2D eigenvalue weighted by molar-refractivity contribution is -0.116. The molecule has 28 heavy (non-hydrogen) atoms. The number of carbonyl (C=O) groups excluding carboxylic acids is 1. The van der Waals surface area contributed by atoms with E-state index in [1.54, 1.807) is 18.3 Å². The lowest BCUT2D eigenvalue weighted by Crippen LogP contribution is -2.19. The van der Waals surface area contributed by atoms with Gasteiger partial charge < -0.3 is 15.4 Å². The van der Waals surface area contributed by atoms with Gasteiger partial charge in [0.05, 0.1) is 16.8 Å². The monoisotopic (exact) mass is 392 g/mol. The van der Waals surface area contributed by atoms with Crippen LogP contribution in [0, 0.1) is 11.3 Å². The van der Waals surface area contributed by atoms with Gasteiger partial charge in [-0.2, -0.15) is 5.26 Å². The number of nitrogens with one attached hydrogen (secondary N) is 2. The number of ether oxygens (including phenoxy) is 1. The molecule has 6 nitrogen and oxygen atoms in total. The van der Waals surface area contributed by atoms with E-state index in [0.717, 1.165) is 27.9 Å². The van der Waals surface area contributed by atoms with E-state index >= 15 is 0 Å². The maximum absolute atomic E-state index is 11.4. The molecule has 0 radical (unpaired) electrons. The minimum atomic E-state index is 0.0448. The third-order valence-corrected chi connectivity index (χ3v) is 4.83. The van der Waals surface area contributed by atoms with Crippen LogP contribution in [0.1, 0.15) is 17.5 Å². The minimum Gasteiger partial charge on any atom is -0.492 e. The second-order valence-corrected chi connectivity index (χ2v) is 6.90. The number of hydrogen-bond donors (Lipinski definition) is 2. The molecule has 4 rings (SSSR count). The van der Waals surface area contributed by atoms with Crippen LogP contribution < -0.4 is 15.4 Å². The predicted octanol–water partition coefficient (Wildman–Crippen LogP) is 4.14. The smallest absolute Gasteiger partial charge is 0.224 e. The van der Waals surface area contributed by atoms with Crippen LogP contribution in [0.4, 0.5) is 11.4 Å². The lowest BCUT2D eigenvalue weighted by Gasteiger charge is -2.18. The standard InChI is InChI=1S/C21H17ClN4O2/c22-15-2-4-19-17(10-15)21(14(11-23)12-25-19)24-7-8-28-16-3-5-18-13(9-16)1-6-20(27)26-18/h2-5,9-10,12H,1,6-8H2,(H,24,25)(H,26,27). The first-order chi connectivity index (χ1) is 13.6. The molecule has 0 unspecified atom stereocenters. The number of rotatable bonds is 5. The molecular formula is C21H17ClN4O2. The Bertz CT molecular complexity index is 1110. The highest BCUT2D eigenvalue weighted by Crippen LogP contribution is 2.29. The number of carbonyl (C=O) groups is 1. The van der Waals surface area contributed by atoms with E-state index in [9.17, 15) is 10.1 Å². The number of fused-ring (bicyclic) bond motifs is 2. The van der Waals surface area contributed by atoms with Crippen LogP contribution in [0.25, 0.3) is 10.9 Å². The first-order valence-corrected chi connectivity index (χ1v) is 9.29. The third-order valence-electron chi connectivity index (χ3n) is 4.60. The molecule has 2 heterocycles. The van der Waals surface area contributed by atoms with E-state index in [2.05, 4.69) is 21.7 Å². The average molecular weight is 393 g/mol. The molecule has 0 fully saturated rings. The number of hydrogen-bond acceptors (Lipinski definition) is 5. The Morgan fingerprint density at radius 1 is 1.25 bits per heavy atom. The topological polar surface area (TPSA) is 87.0 Å². The zero-order valence-electron chi connectivity index (χ0n) is 15.0. The van der Waals surface area contributed by atoms with Crippen molar-refractivity contribution in [3.63, 3.8) is 0 Å². The molecule has 1 aliphatic rings. The van der Waals surface area contributed by atoms with Gasteiger partial charge in [-0.25, -0.2) is 0 Å². The van der Waals surface area contributed by atoms with Crippen molar-refractivity contribution in [2.45, 2.75) is 12.8 Å². The Labute approximate surface area is 167 Å². The van der Waals surface area contributed by atoms with Crippen molar-refractivity contribution < 1.29 is 9.53 Å². The normalized spacial score (nSPS) is 12.8. The van der Waals surface area contributed by atoms with Gasteiger partial charge in [0.25, 0.3) is 0 Å². The molecule has 0 spiro atoms. The summed E-state index contributed by atoms with van der Waals surface area (Å²) in [5.41, 5.74) is 3.85. The van der Waals surface area contributed by atoms with Crippen molar-refractivity contribution in [3.05, 3.63) is 58.7 Å². The van der Waals surface area contributed by atoms with Gasteiger partial charge >= 0.3 is 0 Å². The number of nitrogens with zero attached hydrogens (tertiary/aromatic N) is 2. The molecule has 0 bridgehead atoms. The molecule has 140 valence electrons. The largest absolute Gasteiger partial charge is 0.492 e. The molecule has 1 aliphatic heterocycles. The Kier molecular flexibility index (Phi) is 5.00. The van der Waals surface area contributed by atoms with Crippen molar-refractivity contribution in [2.24, 2.45) is 0 Å². The minimum absolute atomic E-state index is 0.0448. The molecule has 2 aromatic carbocycles. The molecule has 0 saturated carbocycles. The molecule has 3 aromatic rings. The zero-order valence-corrected chi connectivity index (χ0v) is 15.7. The molecule has 7 heteroatoms. The van der Waals surface area contributed by atoms with E-state index < -0.39 is 0 Å². The van der Waals surface area contributed by atoms with Gasteiger partial charge in [-0.3, -0.25) is 9.78 Å². The fraction of sp³-hybridized carbons (Fsp3) is 0.190. The van der Waals surface area contributed by atoms with Gasteiger partial charge in [0.1, 0.15) is 18.4 Å². The summed E-state index contributed by atoms with van der Waals surface area (Å²) in [6, 6.07) is 13.2. The highest BCUT2D eigenvalue weighted by molar-refractivity contribution is 6.31. The maximum Gasteiger partial charge on any atom is 0.224 e. The number of aryl methyl sites for hydroxylation is 1. The molecule has 1 amide bonds. The Balaban J connectivity index is 1.44. The second kappa shape index (κ2) is 7.75. The number of benzene rings is 2. The Morgan fingerprint density at radius 3 is 3.00 bits per heavy atom. The fourth-order valence-electron chi connectivity index (χ4n) is 3.23. The average Bonchev–Trinajstić information content (AvgIpc) is 2.71. The maximum atomic E-state index is 11.4. The van der Waals surface area contributed by atoms with Crippen molar-refractivity contribution in [1.82, 2.24) is 4.98 Å². The molecule has 0 atom stereocenters. The van der Waals surface area contributed by atoms with Gasteiger partial charge in [-0.15, -0.1) is 0 Å². The van der Waals surface area contributed by atoms with Crippen molar-refractivity contribution in [1.29, 1.82) is 5.26 Å². The molecule has 0 aliphatic carbocycles. The van der Waals surface area contributed by atoms with E-state index in [1.165, 1.54) is 0 Å². The number of nitriles is 1. The van der Waals surface area contributed by atoms with Crippen LogP contribution in [0.2, 0.25) is 5.02 Å². The van der Waals surface area contributed by atoms with Gasteiger partial charge in [-0.1, -0.05) is 11.6 Å². The molecule has 0 saturated heterocycles. The van der Waals surface area contributed by atoms with Gasteiger partial charge in [0.15, 0.2) is 0 Å². The predicted molar refractivity (Wildman–Crippen MR) is 109 cm³/mol. The van der Waals surface area contributed by atoms with Crippen LogP contribution >= 0.6 is 11.6 Å². The molecule has 2 N–H and O–H groups in total. The molecule has 1 aromatic heterocycles. The van der Waals surface area contributed by atoms with Crippen LogP contribution in [0.3, 0.4) is 0 Å². The summed E-state index contributed by atoms with van der Waals surface area (Å²) in [5, 5.41) is 16.9. The first-order valence-electron chi connectivity index (χ1n) is 8.92. The second-order valence-electron chi connectivity index (χ2n) is 6.46. The van der Waals surface area contributed by atoms with Gasteiger partial charge in [0, 0.05) is 35.3 Å². The van der Waals surface area contributed by atoms with Crippen molar-refractivity contribution in [3.8, 4) is 11.8 Å². The van der Waals surface area contributed by atoms with Crippen LogP contribution in [0.5, 0.6) is 5.75 Å². The highest BCUT2D eigenvalue weighted by atomic mass is 35.5. The third kappa shape index (κ3) is 3.71. The number of amides is 1. The summed E-state index contributed by atoms with van der Waals surface area (Å²) < 4.78 is 5.83. The summed E-state index contributed by atoms with van der Waals surface area (Å²) in [6.45, 7) is 0.925. The number of aromatic nitrogens is 1. The summed E-state index contributed by atoms with van der Waals surface area (Å²) in [4.78, 5) is 15.7. The van der Waals surface area contributed by atoms with E-state index in [4.69, 9.17) is 16.3 Å². The Morgan fingerprint density at radius 2 is 2.14 bits per heavy atom. The quantitative estimate of drug-likeness (QED) is 0.637. The van der Waals surface area contributed by atoms with E-state index in [1.807, 2.05) is 24.3 Å². The van der Waals surface area contributed by atoms with Crippen LogP contribution in [0.15, 0.2) is 42.6 Å². The van der Waals surface area contributed by atoms with E-state index in [0.29, 0.717) is 42.3 Å². The van der Waals surface area contributed by atoms with Gasteiger partial charge in [-0.05, 0) is 48.4 Å². The Hall–Kier alpha value is -3.30. The lowest BCUT2D eigenvalue weighted by atomic mass is 10.0. The van der Waals surface area contributed by atoms with Gasteiger partial charge in [0.2, 0.25) is 5.91 Å². The number of anilines is 2. The zero-order chi connectivity index (χ0) is 19.5. The SMILES string of the molecule is N#Cc1cnc2ccc(Cl)cc2c1NCCOc1ccc2c(c1)CCC(=O)N2. The number of halogens is 1. The van der Waals surface area contributed by atoms with Crippen LogP contribution in [-0.4, -0.2) is 24.0 Å².